The molecule has 0 bridgehead atoms. The second kappa shape index (κ2) is 8.18. The van der Waals surface area contributed by atoms with E-state index >= 15 is 0 Å². The zero-order chi connectivity index (χ0) is 18.7. The molecule has 0 aromatic heterocycles. The highest BCUT2D eigenvalue weighted by Gasteiger charge is 2.35. The monoisotopic (exact) mass is 422 g/mol. The first kappa shape index (κ1) is 18.8. The van der Waals surface area contributed by atoms with Gasteiger partial charge < -0.3 is 15.1 Å². The first-order valence-corrected chi connectivity index (χ1v) is 9.71. The zero-order valence-corrected chi connectivity index (χ0v) is 16.4. The molecule has 0 unspecified atom stereocenters. The van der Waals surface area contributed by atoms with Crippen LogP contribution in [0.5, 0.6) is 0 Å². The number of rotatable bonds is 5. The van der Waals surface area contributed by atoms with Gasteiger partial charge in [-0.25, -0.2) is 4.79 Å². The van der Waals surface area contributed by atoms with E-state index in [4.69, 9.17) is 0 Å². The van der Waals surface area contributed by atoms with E-state index in [0.717, 1.165) is 37.2 Å². The summed E-state index contributed by atoms with van der Waals surface area (Å²) in [4.78, 5) is 42.3. The van der Waals surface area contributed by atoms with Crippen LogP contribution >= 0.6 is 15.9 Å². The van der Waals surface area contributed by atoms with E-state index in [1.165, 1.54) is 4.90 Å². The molecule has 7 nitrogen and oxygen atoms in total. The van der Waals surface area contributed by atoms with Gasteiger partial charge in [0.1, 0.15) is 0 Å². The SMILES string of the molecule is CCN1CCN(C(=O)NCCCN2C(=O)c3ccc(Br)cc3C2=O)CC1. The highest BCUT2D eigenvalue weighted by Crippen LogP contribution is 2.25. The molecule has 3 rings (SSSR count). The number of amides is 4. The highest BCUT2D eigenvalue weighted by atomic mass is 79.9. The smallest absolute Gasteiger partial charge is 0.317 e. The summed E-state index contributed by atoms with van der Waals surface area (Å²) in [6, 6.07) is 5.02. The van der Waals surface area contributed by atoms with Crippen LogP contribution in [0.1, 0.15) is 34.1 Å². The molecule has 8 heteroatoms. The Hall–Kier alpha value is -1.93. The molecule has 2 aliphatic rings. The molecular formula is C18H23BrN4O3. The predicted molar refractivity (Wildman–Crippen MR) is 101 cm³/mol. The molecule has 0 aliphatic carbocycles. The Morgan fingerprint density at radius 1 is 1.12 bits per heavy atom. The lowest BCUT2D eigenvalue weighted by Crippen LogP contribution is -2.51. The van der Waals surface area contributed by atoms with Crippen molar-refractivity contribution in [3.05, 3.63) is 33.8 Å². The van der Waals surface area contributed by atoms with Crippen LogP contribution in [0.3, 0.4) is 0 Å². The third kappa shape index (κ3) is 3.91. The number of benzene rings is 1. The van der Waals surface area contributed by atoms with Gasteiger partial charge in [-0.15, -0.1) is 0 Å². The van der Waals surface area contributed by atoms with Crippen LogP contribution in [-0.4, -0.2) is 78.4 Å². The lowest BCUT2D eigenvalue weighted by molar-refractivity contribution is 0.0653. The van der Waals surface area contributed by atoms with Crippen molar-refractivity contribution in [1.29, 1.82) is 0 Å². The number of nitrogens with zero attached hydrogens (tertiary/aromatic N) is 3. The van der Waals surface area contributed by atoms with Crippen LogP contribution < -0.4 is 5.32 Å². The van der Waals surface area contributed by atoms with Crippen molar-refractivity contribution < 1.29 is 14.4 Å². The van der Waals surface area contributed by atoms with E-state index in [9.17, 15) is 14.4 Å². The molecule has 1 N–H and O–H groups in total. The van der Waals surface area contributed by atoms with E-state index in [1.807, 2.05) is 4.90 Å². The molecule has 0 spiro atoms. The van der Waals surface area contributed by atoms with E-state index in [-0.39, 0.29) is 17.8 Å². The molecular weight excluding hydrogens is 400 g/mol. The van der Waals surface area contributed by atoms with Crippen molar-refractivity contribution in [2.75, 3.05) is 45.8 Å². The van der Waals surface area contributed by atoms with Gasteiger partial charge in [0.2, 0.25) is 0 Å². The Morgan fingerprint density at radius 2 is 1.81 bits per heavy atom. The first-order chi connectivity index (χ1) is 12.5. The standard InChI is InChI=1S/C18H23BrN4O3/c1-2-21-8-10-22(11-9-21)18(26)20-6-3-7-23-16(24)14-5-4-13(19)12-15(14)17(23)25/h4-5,12H,2-3,6-11H2,1H3,(H,20,26). The first-order valence-electron chi connectivity index (χ1n) is 8.92. The van der Waals surface area contributed by atoms with Crippen LogP contribution in [0.2, 0.25) is 0 Å². The molecule has 0 atom stereocenters. The maximum atomic E-state index is 12.4. The summed E-state index contributed by atoms with van der Waals surface area (Å²) < 4.78 is 0.773. The summed E-state index contributed by atoms with van der Waals surface area (Å²) in [5.74, 6) is -0.534. The number of nitrogens with one attached hydrogen (secondary N) is 1. The number of piperazine rings is 1. The Kier molecular flexibility index (Phi) is 5.93. The van der Waals surface area contributed by atoms with Crippen LogP contribution in [-0.2, 0) is 0 Å². The van der Waals surface area contributed by atoms with E-state index in [1.54, 1.807) is 18.2 Å². The van der Waals surface area contributed by atoms with Gasteiger partial charge in [-0.1, -0.05) is 22.9 Å². The summed E-state index contributed by atoms with van der Waals surface area (Å²) in [5, 5.41) is 2.88. The molecule has 4 amide bonds. The number of carbonyl (C=O) groups is 3. The molecule has 2 heterocycles. The number of carbonyl (C=O) groups excluding carboxylic acids is 3. The molecule has 26 heavy (non-hydrogen) atoms. The largest absolute Gasteiger partial charge is 0.338 e. The Morgan fingerprint density at radius 3 is 2.50 bits per heavy atom. The summed E-state index contributed by atoms with van der Waals surface area (Å²) in [7, 11) is 0. The minimum atomic E-state index is -0.270. The van der Waals surface area contributed by atoms with Crippen LogP contribution in [0.4, 0.5) is 4.79 Å². The van der Waals surface area contributed by atoms with E-state index < -0.39 is 0 Å². The fraction of sp³-hybridized carbons (Fsp3) is 0.500. The third-order valence-corrected chi connectivity index (χ3v) is 5.37. The molecule has 1 aromatic carbocycles. The number of halogens is 1. The van der Waals surface area contributed by atoms with Crippen molar-refractivity contribution in [2.24, 2.45) is 0 Å². The molecule has 1 fully saturated rings. The fourth-order valence-corrected chi connectivity index (χ4v) is 3.64. The second-order valence-corrected chi connectivity index (χ2v) is 7.37. The van der Waals surface area contributed by atoms with Crippen LogP contribution in [0.15, 0.2) is 22.7 Å². The molecule has 2 aliphatic heterocycles. The quantitative estimate of drug-likeness (QED) is 0.579. The predicted octanol–water partition coefficient (Wildman–Crippen LogP) is 1.78. The van der Waals surface area contributed by atoms with E-state index in [2.05, 4.69) is 33.1 Å². The highest BCUT2D eigenvalue weighted by molar-refractivity contribution is 9.10. The number of hydrogen-bond donors (Lipinski definition) is 1. The van der Waals surface area contributed by atoms with Gasteiger partial charge in [0, 0.05) is 43.7 Å². The van der Waals surface area contributed by atoms with Crippen molar-refractivity contribution in [3.8, 4) is 0 Å². The van der Waals surface area contributed by atoms with Gasteiger partial charge >= 0.3 is 6.03 Å². The van der Waals surface area contributed by atoms with Gasteiger partial charge in [-0.2, -0.15) is 0 Å². The topological polar surface area (TPSA) is 73.0 Å². The van der Waals surface area contributed by atoms with Crippen LogP contribution in [0.25, 0.3) is 0 Å². The van der Waals surface area contributed by atoms with Gasteiger partial charge in [-0.3, -0.25) is 14.5 Å². The fourth-order valence-electron chi connectivity index (χ4n) is 3.28. The third-order valence-electron chi connectivity index (χ3n) is 4.87. The van der Waals surface area contributed by atoms with Crippen molar-refractivity contribution in [1.82, 2.24) is 20.0 Å². The summed E-state index contributed by atoms with van der Waals surface area (Å²) in [6.07, 6.45) is 0.535. The molecule has 1 aromatic rings. The number of imide groups is 1. The normalized spacial score (nSPS) is 17.6. The zero-order valence-electron chi connectivity index (χ0n) is 14.8. The minimum absolute atomic E-state index is 0.0768. The summed E-state index contributed by atoms with van der Waals surface area (Å²) in [6.45, 7) is 7.11. The van der Waals surface area contributed by atoms with Crippen molar-refractivity contribution >= 4 is 33.8 Å². The van der Waals surface area contributed by atoms with Gasteiger partial charge in [0.15, 0.2) is 0 Å². The minimum Gasteiger partial charge on any atom is -0.338 e. The molecule has 0 radical (unpaired) electrons. The maximum absolute atomic E-state index is 12.4. The average molecular weight is 423 g/mol. The van der Waals surface area contributed by atoms with Gasteiger partial charge in [-0.05, 0) is 31.2 Å². The van der Waals surface area contributed by atoms with E-state index in [0.29, 0.717) is 30.6 Å². The van der Waals surface area contributed by atoms with Crippen molar-refractivity contribution in [3.63, 3.8) is 0 Å². The number of likely N-dealkylation sites (N-methyl/N-ethyl adjacent to an activating group) is 1. The maximum Gasteiger partial charge on any atom is 0.317 e. The number of urea groups is 1. The summed E-state index contributed by atoms with van der Waals surface area (Å²) in [5.41, 5.74) is 0.873. The second-order valence-electron chi connectivity index (χ2n) is 6.46. The average Bonchev–Trinajstić information content (AvgIpc) is 2.89. The molecule has 0 saturated carbocycles. The summed E-state index contributed by atoms with van der Waals surface area (Å²) >= 11 is 3.32. The number of fused-ring (bicyclic) bond motifs is 1. The van der Waals surface area contributed by atoms with Gasteiger partial charge in [0.25, 0.3) is 11.8 Å². The Labute approximate surface area is 161 Å². The molecule has 1 saturated heterocycles. The van der Waals surface area contributed by atoms with Gasteiger partial charge in [0.05, 0.1) is 11.1 Å². The van der Waals surface area contributed by atoms with Crippen LogP contribution in [0, 0.1) is 0 Å². The lowest BCUT2D eigenvalue weighted by atomic mass is 10.1. The lowest BCUT2D eigenvalue weighted by Gasteiger charge is -2.34. The number of hydrogen-bond acceptors (Lipinski definition) is 4. The molecule has 140 valence electrons. The Bertz CT molecular complexity index is 716. The van der Waals surface area contributed by atoms with Crippen molar-refractivity contribution in [2.45, 2.75) is 13.3 Å². The Balaban J connectivity index is 1.44.